The Morgan fingerprint density at radius 3 is 3.00 bits per heavy atom. The van der Waals surface area contributed by atoms with Gasteiger partial charge in [-0.2, -0.15) is 5.26 Å². The lowest BCUT2D eigenvalue weighted by Gasteiger charge is -2.26. The molecule has 10 heavy (non-hydrogen) atoms. The molecule has 1 aliphatic rings. The number of nitriles is 1. The van der Waals surface area contributed by atoms with Crippen LogP contribution in [0.2, 0.25) is 0 Å². The Morgan fingerprint density at radius 1 is 1.90 bits per heavy atom. The van der Waals surface area contributed by atoms with Gasteiger partial charge in [0.25, 0.3) is 0 Å². The van der Waals surface area contributed by atoms with Crippen molar-refractivity contribution in [1.29, 1.82) is 5.26 Å². The van der Waals surface area contributed by atoms with Gasteiger partial charge in [0.05, 0.1) is 6.07 Å². The van der Waals surface area contributed by atoms with Crippen LogP contribution in [0.5, 0.6) is 0 Å². The van der Waals surface area contributed by atoms with E-state index in [4.69, 9.17) is 5.26 Å². The molecule has 1 atom stereocenters. The number of carbonyl (C=O) groups is 1. The summed E-state index contributed by atoms with van der Waals surface area (Å²) >= 11 is 0. The van der Waals surface area contributed by atoms with E-state index in [2.05, 4.69) is 16.1 Å². The summed E-state index contributed by atoms with van der Waals surface area (Å²) < 4.78 is 4.61. The van der Waals surface area contributed by atoms with Gasteiger partial charge in [0.2, 0.25) is 0 Å². The largest absolute Gasteiger partial charge is 0.448 e. The summed E-state index contributed by atoms with van der Waals surface area (Å²) in [6.45, 7) is 2.31. The van der Waals surface area contributed by atoms with E-state index in [1.807, 2.05) is 0 Å². The molecule has 54 valence electrons. The van der Waals surface area contributed by atoms with Gasteiger partial charge in [-0.15, -0.1) is 0 Å². The molecule has 1 N–H and O–H groups in total. The molecule has 4 nitrogen and oxygen atoms in total. The molecule has 1 rings (SSSR count). The zero-order chi connectivity index (χ0) is 7.61. The Hall–Kier alpha value is -1.24. The van der Waals surface area contributed by atoms with Crippen LogP contribution in [0, 0.1) is 16.7 Å². The highest BCUT2D eigenvalue weighted by molar-refractivity contribution is 5.68. The smallest absolute Gasteiger partial charge is 0.407 e. The van der Waals surface area contributed by atoms with Gasteiger partial charge < -0.3 is 10.1 Å². The van der Waals surface area contributed by atoms with Gasteiger partial charge in [0, 0.05) is 6.54 Å². The Morgan fingerprint density at radius 2 is 2.60 bits per heavy atom. The third-order valence-corrected chi connectivity index (χ3v) is 1.41. The summed E-state index contributed by atoms with van der Waals surface area (Å²) in [6, 6.07) is 2.06. The summed E-state index contributed by atoms with van der Waals surface area (Å²) in [5.74, 6) is 0. The van der Waals surface area contributed by atoms with Crippen LogP contribution in [-0.2, 0) is 4.74 Å². The van der Waals surface area contributed by atoms with Gasteiger partial charge in [-0.05, 0) is 6.92 Å². The Labute approximate surface area is 58.8 Å². The molecule has 0 bridgehead atoms. The number of ether oxygens (including phenoxy) is 1. The lowest BCUT2D eigenvalue weighted by molar-refractivity contribution is 0.0849. The lowest BCUT2D eigenvalue weighted by atomic mass is 9.93. The molecule has 0 aromatic heterocycles. The monoisotopic (exact) mass is 140 g/mol. The SMILES string of the molecule is CC1(C#N)CNC(=O)OC1. The highest BCUT2D eigenvalue weighted by Gasteiger charge is 2.30. The fourth-order valence-corrected chi connectivity index (χ4v) is 0.666. The van der Waals surface area contributed by atoms with Crippen molar-refractivity contribution in [2.75, 3.05) is 13.2 Å². The average Bonchev–Trinajstić information content (AvgIpc) is 1.96. The highest BCUT2D eigenvalue weighted by Crippen LogP contribution is 2.16. The minimum absolute atomic E-state index is 0.190. The first-order valence-corrected chi connectivity index (χ1v) is 2.98. The van der Waals surface area contributed by atoms with Crippen LogP contribution in [-0.4, -0.2) is 19.2 Å². The van der Waals surface area contributed by atoms with E-state index in [9.17, 15) is 4.79 Å². The van der Waals surface area contributed by atoms with Gasteiger partial charge in [0.1, 0.15) is 12.0 Å². The first-order valence-electron chi connectivity index (χ1n) is 2.98. The van der Waals surface area contributed by atoms with Crippen molar-refractivity contribution in [1.82, 2.24) is 5.32 Å². The van der Waals surface area contributed by atoms with Crippen LogP contribution < -0.4 is 5.32 Å². The minimum atomic E-state index is -0.548. The normalized spacial score (nSPS) is 31.8. The maximum Gasteiger partial charge on any atom is 0.407 e. The van der Waals surface area contributed by atoms with E-state index in [1.54, 1.807) is 6.92 Å². The number of alkyl carbamates (subject to hydrolysis) is 1. The van der Waals surface area contributed by atoms with Crippen molar-refractivity contribution >= 4 is 6.09 Å². The maximum absolute atomic E-state index is 10.4. The fraction of sp³-hybridized carbons (Fsp3) is 0.667. The molecule has 1 aliphatic heterocycles. The van der Waals surface area contributed by atoms with E-state index >= 15 is 0 Å². The predicted molar refractivity (Wildman–Crippen MR) is 33.1 cm³/mol. The number of rotatable bonds is 0. The molecule has 0 aliphatic carbocycles. The molecule has 1 fully saturated rings. The average molecular weight is 140 g/mol. The highest BCUT2D eigenvalue weighted by atomic mass is 16.6. The Kier molecular flexibility index (Phi) is 1.50. The second kappa shape index (κ2) is 2.18. The first-order chi connectivity index (χ1) is 4.66. The van der Waals surface area contributed by atoms with Crippen LogP contribution in [0.25, 0.3) is 0 Å². The minimum Gasteiger partial charge on any atom is -0.448 e. The van der Waals surface area contributed by atoms with Gasteiger partial charge in [0.15, 0.2) is 0 Å². The molecular formula is C6H8N2O2. The second-order valence-corrected chi connectivity index (χ2v) is 2.60. The van der Waals surface area contributed by atoms with Crippen LogP contribution >= 0.6 is 0 Å². The summed E-state index contributed by atoms with van der Waals surface area (Å²) in [5, 5.41) is 11.0. The van der Waals surface area contributed by atoms with Crippen molar-refractivity contribution in [3.8, 4) is 6.07 Å². The number of nitrogens with one attached hydrogen (secondary N) is 1. The van der Waals surface area contributed by atoms with Crippen LogP contribution in [0.3, 0.4) is 0 Å². The van der Waals surface area contributed by atoms with E-state index in [0.717, 1.165) is 0 Å². The van der Waals surface area contributed by atoms with Crippen molar-refractivity contribution in [3.05, 3.63) is 0 Å². The topological polar surface area (TPSA) is 62.1 Å². The standard InChI is InChI=1S/C6H8N2O2/c1-6(2-7)3-8-5(9)10-4-6/h3-4H2,1H3,(H,8,9). The Bertz CT molecular complexity index is 184. The van der Waals surface area contributed by atoms with Crippen LogP contribution in [0.1, 0.15) is 6.92 Å². The number of hydrogen-bond acceptors (Lipinski definition) is 3. The maximum atomic E-state index is 10.4. The molecule has 1 unspecified atom stereocenters. The van der Waals surface area contributed by atoms with Gasteiger partial charge >= 0.3 is 6.09 Å². The number of cyclic esters (lactones) is 1. The van der Waals surface area contributed by atoms with Crippen molar-refractivity contribution in [2.24, 2.45) is 5.41 Å². The molecule has 0 radical (unpaired) electrons. The van der Waals surface area contributed by atoms with E-state index in [1.165, 1.54) is 0 Å². The first kappa shape index (κ1) is 6.87. The molecule has 0 aromatic carbocycles. The van der Waals surface area contributed by atoms with Gasteiger partial charge in [-0.3, -0.25) is 0 Å². The van der Waals surface area contributed by atoms with Gasteiger partial charge in [-0.25, -0.2) is 4.79 Å². The third kappa shape index (κ3) is 1.18. The molecule has 1 heterocycles. The zero-order valence-electron chi connectivity index (χ0n) is 5.68. The molecule has 0 spiro atoms. The number of carbonyl (C=O) groups excluding carboxylic acids is 1. The van der Waals surface area contributed by atoms with E-state index in [-0.39, 0.29) is 6.61 Å². The molecule has 1 saturated heterocycles. The van der Waals surface area contributed by atoms with Crippen molar-refractivity contribution in [3.63, 3.8) is 0 Å². The summed E-state index contributed by atoms with van der Waals surface area (Å²) in [4.78, 5) is 10.4. The quantitative estimate of drug-likeness (QED) is 0.524. The van der Waals surface area contributed by atoms with Crippen LogP contribution in [0.4, 0.5) is 4.79 Å². The van der Waals surface area contributed by atoms with E-state index in [0.29, 0.717) is 6.54 Å². The third-order valence-electron chi connectivity index (χ3n) is 1.41. The number of amides is 1. The Balaban J connectivity index is 2.56. The predicted octanol–water partition coefficient (Wildman–Crippen LogP) is 0.256. The lowest BCUT2D eigenvalue weighted by Crippen LogP contribution is -2.44. The van der Waals surface area contributed by atoms with Crippen molar-refractivity contribution < 1.29 is 9.53 Å². The summed E-state index contributed by atoms with van der Waals surface area (Å²) in [7, 11) is 0. The molecule has 1 amide bonds. The van der Waals surface area contributed by atoms with Crippen molar-refractivity contribution in [2.45, 2.75) is 6.92 Å². The van der Waals surface area contributed by atoms with Crippen LogP contribution in [0.15, 0.2) is 0 Å². The number of nitrogens with zero attached hydrogens (tertiary/aromatic N) is 1. The number of hydrogen-bond donors (Lipinski definition) is 1. The molecule has 4 heteroatoms. The van der Waals surface area contributed by atoms with Gasteiger partial charge in [-0.1, -0.05) is 0 Å². The molecular weight excluding hydrogens is 132 g/mol. The zero-order valence-corrected chi connectivity index (χ0v) is 5.68. The summed E-state index contributed by atoms with van der Waals surface area (Å²) in [5.41, 5.74) is -0.548. The summed E-state index contributed by atoms with van der Waals surface area (Å²) in [6.07, 6.45) is -0.437. The van der Waals surface area contributed by atoms with E-state index < -0.39 is 11.5 Å². The molecule has 0 aromatic rings. The second-order valence-electron chi connectivity index (χ2n) is 2.60. The fourth-order valence-electron chi connectivity index (χ4n) is 0.666. The molecule has 0 saturated carbocycles.